The number of carbonyl (C=O) groups excluding carboxylic acids is 2. The molecule has 0 spiro atoms. The highest BCUT2D eigenvalue weighted by molar-refractivity contribution is 7.10. The zero-order valence-corrected chi connectivity index (χ0v) is 17.8. The molecule has 0 saturated carbocycles. The summed E-state index contributed by atoms with van der Waals surface area (Å²) in [5, 5.41) is 7.17. The molecular formula is C21H27N3O4S. The predicted molar refractivity (Wildman–Crippen MR) is 114 cm³/mol. The second kappa shape index (κ2) is 9.76. The fraction of sp³-hybridized carbons (Fsp3) is 0.429. The number of urea groups is 1. The number of rotatable bonds is 7. The van der Waals surface area contributed by atoms with Crippen molar-refractivity contribution in [2.75, 3.05) is 31.6 Å². The number of carbonyl (C=O) groups is 2. The molecule has 7 nitrogen and oxygen atoms in total. The van der Waals surface area contributed by atoms with Crippen molar-refractivity contribution in [2.45, 2.75) is 33.2 Å². The van der Waals surface area contributed by atoms with Crippen molar-refractivity contribution >= 4 is 29.0 Å². The van der Waals surface area contributed by atoms with Crippen LogP contribution in [0, 0.1) is 0 Å². The highest BCUT2D eigenvalue weighted by Crippen LogP contribution is 2.32. The van der Waals surface area contributed by atoms with Crippen LogP contribution in [-0.2, 0) is 11.2 Å². The second-order valence-electron chi connectivity index (χ2n) is 6.73. The Kier molecular flexibility index (Phi) is 7.11. The van der Waals surface area contributed by atoms with E-state index < -0.39 is 6.03 Å². The highest BCUT2D eigenvalue weighted by atomic mass is 32.1. The predicted octanol–water partition coefficient (Wildman–Crippen LogP) is 3.81. The number of fused-ring (bicyclic) bond motifs is 1. The van der Waals surface area contributed by atoms with Crippen LogP contribution in [0.1, 0.15) is 37.3 Å². The van der Waals surface area contributed by atoms with Crippen molar-refractivity contribution in [1.82, 2.24) is 10.2 Å². The molecular weight excluding hydrogens is 390 g/mol. The first-order chi connectivity index (χ1) is 14.0. The minimum Gasteiger partial charge on any atom is -0.490 e. The van der Waals surface area contributed by atoms with E-state index in [1.54, 1.807) is 29.5 Å². The van der Waals surface area contributed by atoms with Crippen molar-refractivity contribution < 1.29 is 19.1 Å². The zero-order valence-electron chi connectivity index (χ0n) is 17.0. The van der Waals surface area contributed by atoms with E-state index in [0.29, 0.717) is 30.4 Å². The van der Waals surface area contributed by atoms with Gasteiger partial charge in [-0.2, -0.15) is 0 Å². The summed E-state index contributed by atoms with van der Waals surface area (Å²) >= 11 is 1.76. The Hall–Kier alpha value is -2.58. The third-order valence-corrected chi connectivity index (χ3v) is 5.80. The van der Waals surface area contributed by atoms with E-state index in [2.05, 4.69) is 33.9 Å². The van der Waals surface area contributed by atoms with E-state index in [4.69, 9.17) is 9.47 Å². The van der Waals surface area contributed by atoms with E-state index in [0.717, 1.165) is 13.0 Å². The summed E-state index contributed by atoms with van der Waals surface area (Å²) in [5.41, 5.74) is 1.80. The number of nitrogens with one attached hydrogen (secondary N) is 2. The first-order valence-electron chi connectivity index (χ1n) is 9.82. The minimum atomic E-state index is -0.567. The van der Waals surface area contributed by atoms with Crippen LogP contribution in [0.15, 0.2) is 29.6 Å². The summed E-state index contributed by atoms with van der Waals surface area (Å²) in [6.45, 7) is 7.84. The maximum atomic E-state index is 12.4. The molecule has 8 heteroatoms. The molecule has 156 valence electrons. The van der Waals surface area contributed by atoms with Crippen molar-refractivity contribution in [3.63, 3.8) is 0 Å². The van der Waals surface area contributed by atoms with Gasteiger partial charge in [-0.05, 0) is 56.3 Å². The van der Waals surface area contributed by atoms with Crippen LogP contribution < -0.4 is 20.1 Å². The van der Waals surface area contributed by atoms with Gasteiger partial charge in [-0.3, -0.25) is 15.0 Å². The summed E-state index contributed by atoms with van der Waals surface area (Å²) < 4.78 is 11.1. The quantitative estimate of drug-likeness (QED) is 0.716. The first-order valence-corrected chi connectivity index (χ1v) is 10.7. The zero-order chi connectivity index (χ0) is 20.8. The van der Waals surface area contributed by atoms with Crippen molar-refractivity contribution in [3.05, 3.63) is 40.1 Å². The van der Waals surface area contributed by atoms with Crippen LogP contribution in [0.4, 0.5) is 10.5 Å². The molecule has 1 aromatic carbocycles. The molecule has 0 bridgehead atoms. The van der Waals surface area contributed by atoms with E-state index >= 15 is 0 Å². The fourth-order valence-electron chi connectivity index (χ4n) is 3.42. The number of hydrogen-bond donors (Lipinski definition) is 2. The topological polar surface area (TPSA) is 79.9 Å². The Labute approximate surface area is 175 Å². The summed E-state index contributed by atoms with van der Waals surface area (Å²) in [7, 11) is 0. The largest absolute Gasteiger partial charge is 0.490 e. The molecule has 2 N–H and O–H groups in total. The summed E-state index contributed by atoms with van der Waals surface area (Å²) in [6, 6.07) is 6.84. The highest BCUT2D eigenvalue weighted by Gasteiger charge is 2.26. The molecule has 29 heavy (non-hydrogen) atoms. The van der Waals surface area contributed by atoms with Gasteiger partial charge in [0.1, 0.15) is 0 Å². The monoisotopic (exact) mass is 417 g/mol. The molecule has 0 fully saturated rings. The van der Waals surface area contributed by atoms with E-state index in [1.165, 1.54) is 10.4 Å². The van der Waals surface area contributed by atoms with Gasteiger partial charge in [-0.15, -0.1) is 11.3 Å². The number of nitrogens with zero attached hydrogens (tertiary/aromatic N) is 1. The Bertz CT molecular complexity index is 867. The standard InChI is InChI=1S/C21H27N3O4S/c1-4-27-17-7-6-15(12-18(17)28-5-2)22-21(26)23-20(25)13-24-10-8-19-16(14(24)3)9-11-29-19/h6-7,9,11-12,14H,4-5,8,10,13H2,1-3H3,(H2,22,23,25,26)/t14-/m1/s1. The van der Waals surface area contributed by atoms with Gasteiger partial charge in [0.15, 0.2) is 11.5 Å². The minimum absolute atomic E-state index is 0.165. The van der Waals surface area contributed by atoms with Gasteiger partial charge in [0.05, 0.1) is 19.8 Å². The molecule has 0 aliphatic carbocycles. The number of hydrogen-bond acceptors (Lipinski definition) is 6. The van der Waals surface area contributed by atoms with Crippen LogP contribution >= 0.6 is 11.3 Å². The van der Waals surface area contributed by atoms with Crippen molar-refractivity contribution in [3.8, 4) is 11.5 Å². The Balaban J connectivity index is 1.55. The fourth-order valence-corrected chi connectivity index (χ4v) is 4.38. The molecule has 1 atom stereocenters. The van der Waals surface area contributed by atoms with E-state index in [9.17, 15) is 9.59 Å². The first kappa shape index (κ1) is 21.1. The maximum Gasteiger partial charge on any atom is 0.325 e. The molecule has 0 saturated heterocycles. The lowest BCUT2D eigenvalue weighted by Gasteiger charge is -2.32. The Morgan fingerprint density at radius 2 is 1.93 bits per heavy atom. The van der Waals surface area contributed by atoms with Gasteiger partial charge in [0.2, 0.25) is 5.91 Å². The lowest BCUT2D eigenvalue weighted by atomic mass is 10.0. The van der Waals surface area contributed by atoms with Gasteiger partial charge in [-0.25, -0.2) is 4.79 Å². The molecule has 3 rings (SSSR count). The van der Waals surface area contributed by atoms with Gasteiger partial charge < -0.3 is 14.8 Å². The van der Waals surface area contributed by atoms with Crippen LogP contribution in [0.2, 0.25) is 0 Å². The van der Waals surface area contributed by atoms with E-state index in [1.807, 2.05) is 13.8 Å². The van der Waals surface area contributed by atoms with Crippen molar-refractivity contribution in [2.24, 2.45) is 0 Å². The lowest BCUT2D eigenvalue weighted by Crippen LogP contribution is -2.44. The summed E-state index contributed by atoms with van der Waals surface area (Å²) in [4.78, 5) is 28.1. The third kappa shape index (κ3) is 5.27. The number of ether oxygens (including phenoxy) is 2. The molecule has 1 aliphatic rings. The molecule has 2 aromatic rings. The van der Waals surface area contributed by atoms with Gasteiger partial charge >= 0.3 is 6.03 Å². The second-order valence-corrected chi connectivity index (χ2v) is 7.73. The lowest BCUT2D eigenvalue weighted by molar-refractivity contribution is -0.121. The number of anilines is 1. The number of imide groups is 1. The van der Waals surface area contributed by atoms with Crippen LogP contribution in [0.25, 0.3) is 0 Å². The SMILES string of the molecule is CCOc1ccc(NC(=O)NC(=O)CN2CCc3sccc3[C@H]2C)cc1OCC. The molecule has 1 aromatic heterocycles. The summed E-state index contributed by atoms with van der Waals surface area (Å²) in [6.07, 6.45) is 0.934. The van der Waals surface area contributed by atoms with Gasteiger partial charge in [0.25, 0.3) is 0 Å². The average Bonchev–Trinajstić information content (AvgIpc) is 3.16. The number of benzene rings is 1. The molecule has 3 amide bonds. The maximum absolute atomic E-state index is 12.4. The summed E-state index contributed by atoms with van der Waals surface area (Å²) in [5.74, 6) is 0.833. The van der Waals surface area contributed by atoms with Gasteiger partial charge in [0, 0.05) is 29.2 Å². The smallest absolute Gasteiger partial charge is 0.325 e. The van der Waals surface area contributed by atoms with Crippen LogP contribution in [-0.4, -0.2) is 43.1 Å². The van der Waals surface area contributed by atoms with Crippen LogP contribution in [0.3, 0.4) is 0 Å². The average molecular weight is 418 g/mol. The van der Waals surface area contributed by atoms with E-state index in [-0.39, 0.29) is 18.5 Å². The molecule has 1 aliphatic heterocycles. The molecule has 0 radical (unpaired) electrons. The third-order valence-electron chi connectivity index (χ3n) is 4.80. The molecule has 2 heterocycles. The molecule has 0 unspecified atom stereocenters. The van der Waals surface area contributed by atoms with Crippen molar-refractivity contribution in [1.29, 1.82) is 0 Å². The normalized spacial score (nSPS) is 16.0. The number of amides is 3. The Morgan fingerprint density at radius 3 is 2.69 bits per heavy atom. The van der Waals surface area contributed by atoms with Crippen LogP contribution in [0.5, 0.6) is 11.5 Å². The Morgan fingerprint density at radius 1 is 1.17 bits per heavy atom. The number of thiophene rings is 1. The van der Waals surface area contributed by atoms with Gasteiger partial charge in [-0.1, -0.05) is 0 Å².